The second-order valence-corrected chi connectivity index (χ2v) is 2.94. The number of aliphatic hydroxyl groups excluding tert-OH is 1. The van der Waals surface area contributed by atoms with Gasteiger partial charge in [0, 0.05) is 18.4 Å². The molecule has 1 aliphatic carbocycles. The monoisotopic (exact) mass is 225 g/mol. The molecule has 3 atom stereocenters. The van der Waals surface area contributed by atoms with Crippen LogP contribution >= 0.6 is 24.8 Å². The summed E-state index contributed by atoms with van der Waals surface area (Å²) < 4.78 is 1.72. The summed E-state index contributed by atoms with van der Waals surface area (Å²) in [6, 6.07) is 1.88. The van der Waals surface area contributed by atoms with Gasteiger partial charge in [0.2, 0.25) is 0 Å². The Balaban J connectivity index is 0.000000720. The van der Waals surface area contributed by atoms with Gasteiger partial charge in [-0.3, -0.25) is 4.68 Å². The third kappa shape index (κ3) is 2.14. The highest BCUT2D eigenvalue weighted by atomic mass is 35.5. The lowest BCUT2D eigenvalue weighted by Gasteiger charge is -2.38. The molecule has 1 aromatic heterocycles. The van der Waals surface area contributed by atoms with Crippen molar-refractivity contribution in [1.29, 1.82) is 0 Å². The second-order valence-electron chi connectivity index (χ2n) is 2.94. The molecule has 1 saturated carbocycles. The topological polar surface area (TPSA) is 64.1 Å². The van der Waals surface area contributed by atoms with Gasteiger partial charge in [0.1, 0.15) is 0 Å². The van der Waals surface area contributed by atoms with E-state index in [-0.39, 0.29) is 43.0 Å². The minimum Gasteiger partial charge on any atom is -0.391 e. The smallest absolute Gasteiger partial charge is 0.0929 e. The molecule has 0 spiro atoms. The highest BCUT2D eigenvalue weighted by molar-refractivity contribution is 5.85. The van der Waals surface area contributed by atoms with Crippen LogP contribution in [-0.4, -0.2) is 27.0 Å². The van der Waals surface area contributed by atoms with E-state index in [1.165, 1.54) is 0 Å². The molecule has 1 aromatic rings. The Bertz CT molecular complexity index is 234. The lowest BCUT2D eigenvalue weighted by atomic mass is 9.84. The van der Waals surface area contributed by atoms with Gasteiger partial charge in [0.25, 0.3) is 0 Å². The van der Waals surface area contributed by atoms with E-state index < -0.39 is 0 Å². The molecular formula is C7H13Cl2N3O. The van der Waals surface area contributed by atoms with E-state index in [0.29, 0.717) is 6.42 Å². The van der Waals surface area contributed by atoms with E-state index >= 15 is 0 Å². The van der Waals surface area contributed by atoms with Gasteiger partial charge in [-0.2, -0.15) is 5.10 Å². The molecule has 1 heterocycles. The maximum Gasteiger partial charge on any atom is 0.0929 e. The first kappa shape index (κ1) is 12.7. The van der Waals surface area contributed by atoms with Gasteiger partial charge >= 0.3 is 0 Å². The van der Waals surface area contributed by atoms with Gasteiger partial charge in [0.05, 0.1) is 12.1 Å². The van der Waals surface area contributed by atoms with Crippen LogP contribution in [-0.2, 0) is 0 Å². The van der Waals surface area contributed by atoms with Crippen molar-refractivity contribution < 1.29 is 5.11 Å². The largest absolute Gasteiger partial charge is 0.391 e. The molecule has 0 saturated heterocycles. The molecule has 1 fully saturated rings. The third-order valence-electron chi connectivity index (χ3n) is 2.18. The molecular weight excluding hydrogens is 213 g/mol. The molecule has 13 heavy (non-hydrogen) atoms. The molecule has 76 valence electrons. The van der Waals surface area contributed by atoms with E-state index in [1.807, 2.05) is 12.3 Å². The number of rotatable bonds is 1. The lowest BCUT2D eigenvalue weighted by molar-refractivity contribution is 0.00636. The van der Waals surface area contributed by atoms with Crippen molar-refractivity contribution in [2.75, 3.05) is 0 Å². The highest BCUT2D eigenvalue weighted by Gasteiger charge is 2.38. The van der Waals surface area contributed by atoms with Gasteiger partial charge in [-0.05, 0) is 12.5 Å². The average molecular weight is 226 g/mol. The maximum atomic E-state index is 9.31. The summed E-state index contributed by atoms with van der Waals surface area (Å²) in [5, 5.41) is 13.3. The SMILES string of the molecule is Cl.Cl.N[C@@H]1C[C@H](O)[C@H]1n1cccn1. The average Bonchev–Trinajstić information content (AvgIpc) is 2.39. The van der Waals surface area contributed by atoms with Gasteiger partial charge in [-0.15, -0.1) is 24.8 Å². The minimum absolute atomic E-state index is 0. The molecule has 0 aliphatic heterocycles. The van der Waals surface area contributed by atoms with Crippen LogP contribution in [0.2, 0.25) is 0 Å². The Morgan fingerprint density at radius 2 is 2.15 bits per heavy atom. The fourth-order valence-corrected chi connectivity index (χ4v) is 1.48. The number of nitrogens with two attached hydrogens (primary N) is 1. The number of halogens is 2. The predicted octanol–water partition coefficient (Wildman–Crippen LogP) is 0.360. The Labute approximate surface area is 88.9 Å². The van der Waals surface area contributed by atoms with Crippen LogP contribution in [0.25, 0.3) is 0 Å². The van der Waals surface area contributed by atoms with Crippen LogP contribution in [0.3, 0.4) is 0 Å². The third-order valence-corrected chi connectivity index (χ3v) is 2.18. The molecule has 0 unspecified atom stereocenters. The summed E-state index contributed by atoms with van der Waals surface area (Å²) in [6.45, 7) is 0. The van der Waals surface area contributed by atoms with Crippen LogP contribution in [0.15, 0.2) is 18.5 Å². The summed E-state index contributed by atoms with van der Waals surface area (Å²) in [6.07, 6.45) is 3.89. The molecule has 0 bridgehead atoms. The summed E-state index contributed by atoms with van der Waals surface area (Å²) in [7, 11) is 0. The lowest BCUT2D eigenvalue weighted by Crippen LogP contribution is -2.52. The van der Waals surface area contributed by atoms with Gasteiger partial charge in [-0.25, -0.2) is 0 Å². The quantitative estimate of drug-likeness (QED) is 0.726. The first-order valence-electron chi connectivity index (χ1n) is 3.72. The summed E-state index contributed by atoms with van der Waals surface area (Å²) in [5.74, 6) is 0. The van der Waals surface area contributed by atoms with Gasteiger partial charge in [-0.1, -0.05) is 0 Å². The standard InChI is InChI=1S/C7H11N3O.2ClH/c8-5-4-6(11)7(5)10-3-1-2-9-10;;/h1-3,5-7,11H,4,8H2;2*1H/t5-,6+,7+;;/m1../s1. The first-order chi connectivity index (χ1) is 5.29. The maximum absolute atomic E-state index is 9.31. The van der Waals surface area contributed by atoms with Crippen molar-refractivity contribution >= 4 is 24.8 Å². The Morgan fingerprint density at radius 3 is 2.54 bits per heavy atom. The van der Waals surface area contributed by atoms with E-state index in [9.17, 15) is 5.11 Å². The number of hydrogen-bond donors (Lipinski definition) is 2. The number of aromatic nitrogens is 2. The summed E-state index contributed by atoms with van der Waals surface area (Å²) in [5.41, 5.74) is 5.68. The van der Waals surface area contributed by atoms with Crippen LogP contribution in [0.5, 0.6) is 0 Å². The number of nitrogens with zero attached hydrogens (tertiary/aromatic N) is 2. The van der Waals surface area contributed by atoms with Crippen molar-refractivity contribution in [2.45, 2.75) is 24.6 Å². The highest BCUT2D eigenvalue weighted by Crippen LogP contribution is 2.29. The molecule has 2 rings (SSSR count). The van der Waals surface area contributed by atoms with Crippen LogP contribution in [0.4, 0.5) is 0 Å². The minimum atomic E-state index is -0.315. The Morgan fingerprint density at radius 1 is 1.46 bits per heavy atom. The number of hydrogen-bond acceptors (Lipinski definition) is 3. The Hall–Kier alpha value is -0.290. The summed E-state index contributed by atoms with van der Waals surface area (Å²) in [4.78, 5) is 0. The molecule has 0 amide bonds. The van der Waals surface area contributed by atoms with Crippen molar-refractivity contribution in [1.82, 2.24) is 9.78 Å². The van der Waals surface area contributed by atoms with Crippen LogP contribution in [0.1, 0.15) is 12.5 Å². The van der Waals surface area contributed by atoms with Crippen molar-refractivity contribution in [3.8, 4) is 0 Å². The van der Waals surface area contributed by atoms with Crippen molar-refractivity contribution in [2.24, 2.45) is 5.73 Å². The molecule has 4 nitrogen and oxygen atoms in total. The molecule has 3 N–H and O–H groups in total. The van der Waals surface area contributed by atoms with Gasteiger partial charge in [0.15, 0.2) is 0 Å². The van der Waals surface area contributed by atoms with Crippen molar-refractivity contribution in [3.05, 3.63) is 18.5 Å². The zero-order valence-electron chi connectivity index (χ0n) is 6.91. The molecule has 6 heteroatoms. The van der Waals surface area contributed by atoms with E-state index in [2.05, 4.69) is 5.10 Å². The van der Waals surface area contributed by atoms with Crippen LogP contribution < -0.4 is 5.73 Å². The fraction of sp³-hybridized carbons (Fsp3) is 0.571. The first-order valence-corrected chi connectivity index (χ1v) is 3.72. The van der Waals surface area contributed by atoms with E-state index in [0.717, 1.165) is 0 Å². The zero-order valence-corrected chi connectivity index (χ0v) is 8.54. The zero-order chi connectivity index (χ0) is 7.84. The molecule has 1 aliphatic rings. The predicted molar refractivity (Wildman–Crippen MR) is 54.4 cm³/mol. The van der Waals surface area contributed by atoms with E-state index in [4.69, 9.17) is 5.73 Å². The fourth-order valence-electron chi connectivity index (χ4n) is 1.48. The summed E-state index contributed by atoms with van der Waals surface area (Å²) >= 11 is 0. The second kappa shape index (κ2) is 4.81. The Kier molecular flexibility index (Phi) is 4.70. The normalized spacial score (nSPS) is 31.1. The van der Waals surface area contributed by atoms with Gasteiger partial charge < -0.3 is 10.8 Å². The number of aliphatic hydroxyl groups is 1. The van der Waals surface area contributed by atoms with Crippen LogP contribution in [0, 0.1) is 0 Å². The molecule has 0 radical (unpaired) electrons. The van der Waals surface area contributed by atoms with Crippen molar-refractivity contribution in [3.63, 3.8) is 0 Å². The van der Waals surface area contributed by atoms with E-state index in [1.54, 1.807) is 10.9 Å². The molecule has 0 aromatic carbocycles.